The maximum Gasteiger partial charge on any atom is 0.253 e. The van der Waals surface area contributed by atoms with Gasteiger partial charge in [0.25, 0.3) is 5.91 Å². The van der Waals surface area contributed by atoms with Gasteiger partial charge in [0, 0.05) is 38.4 Å². The summed E-state index contributed by atoms with van der Waals surface area (Å²) in [5, 5.41) is 0. The molecule has 1 heterocycles. The molecule has 1 aliphatic heterocycles. The maximum atomic E-state index is 12.5. The molecule has 0 unspecified atom stereocenters. The summed E-state index contributed by atoms with van der Waals surface area (Å²) in [6.45, 7) is 5.69. The lowest BCUT2D eigenvalue weighted by Gasteiger charge is -2.33. The number of hydrogen-bond acceptors (Lipinski definition) is 3. The monoisotopic (exact) mass is 290 g/mol. The zero-order chi connectivity index (χ0) is 15.4. The summed E-state index contributed by atoms with van der Waals surface area (Å²) in [6, 6.07) is 7.80. The topological polar surface area (TPSA) is 32.8 Å². The highest BCUT2D eigenvalue weighted by Gasteiger charge is 2.24. The van der Waals surface area contributed by atoms with Gasteiger partial charge < -0.3 is 14.5 Å². The Balaban J connectivity index is 1.92. The molecule has 1 aliphatic rings. The van der Waals surface area contributed by atoms with Crippen molar-refractivity contribution in [2.45, 2.75) is 38.9 Å². The van der Waals surface area contributed by atoms with Crippen molar-refractivity contribution in [1.82, 2.24) is 4.90 Å². The second-order valence-electron chi connectivity index (χ2n) is 6.12. The summed E-state index contributed by atoms with van der Waals surface area (Å²) >= 11 is 0. The molecule has 0 radical (unpaired) electrons. The third-order valence-corrected chi connectivity index (χ3v) is 3.82. The minimum atomic E-state index is 0.128. The Morgan fingerprint density at radius 3 is 2.24 bits per heavy atom. The van der Waals surface area contributed by atoms with Crippen LogP contribution < -0.4 is 4.90 Å². The molecule has 0 aromatic heterocycles. The van der Waals surface area contributed by atoms with Crippen molar-refractivity contribution in [2.75, 3.05) is 32.1 Å². The van der Waals surface area contributed by atoms with Gasteiger partial charge in [-0.3, -0.25) is 4.79 Å². The van der Waals surface area contributed by atoms with Crippen LogP contribution in [0.4, 0.5) is 5.69 Å². The minimum Gasteiger partial charge on any atom is -0.378 e. The number of carbonyl (C=O) groups is 1. The third-order valence-electron chi connectivity index (χ3n) is 3.82. The summed E-state index contributed by atoms with van der Waals surface area (Å²) in [6.07, 6.45) is 2.42. The fraction of sp³-hybridized carbons (Fsp3) is 0.588. The molecule has 0 N–H and O–H groups in total. The van der Waals surface area contributed by atoms with Gasteiger partial charge in [-0.25, -0.2) is 0 Å². The summed E-state index contributed by atoms with van der Waals surface area (Å²) in [7, 11) is 3.99. The first-order valence-corrected chi connectivity index (χ1v) is 7.69. The average molecular weight is 290 g/mol. The number of ether oxygens (including phenoxy) is 1. The zero-order valence-corrected chi connectivity index (χ0v) is 13.5. The smallest absolute Gasteiger partial charge is 0.253 e. The van der Waals surface area contributed by atoms with Crippen LogP contribution in [-0.2, 0) is 4.74 Å². The van der Waals surface area contributed by atoms with Gasteiger partial charge in [-0.2, -0.15) is 0 Å². The molecule has 0 spiro atoms. The lowest BCUT2D eigenvalue weighted by Crippen LogP contribution is -2.41. The van der Waals surface area contributed by atoms with Gasteiger partial charge in [-0.05, 0) is 51.0 Å². The van der Waals surface area contributed by atoms with Gasteiger partial charge in [0.1, 0.15) is 0 Å². The molecular formula is C17H26N2O2. The SMILES string of the molecule is CC(C)OC1CCN(C(=O)c2ccc(N(C)C)cc2)CC1. The second-order valence-corrected chi connectivity index (χ2v) is 6.12. The molecule has 1 fully saturated rings. The summed E-state index contributed by atoms with van der Waals surface area (Å²) in [5.74, 6) is 0.128. The maximum absolute atomic E-state index is 12.5. The highest BCUT2D eigenvalue weighted by atomic mass is 16.5. The van der Waals surface area contributed by atoms with Crippen LogP contribution in [0.15, 0.2) is 24.3 Å². The number of piperidine rings is 1. The Bertz CT molecular complexity index is 460. The number of rotatable bonds is 4. The van der Waals surface area contributed by atoms with E-state index in [1.807, 2.05) is 48.2 Å². The third kappa shape index (κ3) is 4.21. The van der Waals surface area contributed by atoms with Crippen LogP contribution >= 0.6 is 0 Å². The Hall–Kier alpha value is -1.55. The van der Waals surface area contributed by atoms with E-state index >= 15 is 0 Å². The highest BCUT2D eigenvalue weighted by molar-refractivity contribution is 5.94. The molecular weight excluding hydrogens is 264 g/mol. The van der Waals surface area contributed by atoms with Crippen molar-refractivity contribution in [2.24, 2.45) is 0 Å². The van der Waals surface area contributed by atoms with Crippen molar-refractivity contribution < 1.29 is 9.53 Å². The molecule has 1 aromatic rings. The van der Waals surface area contributed by atoms with Crippen molar-refractivity contribution in [1.29, 1.82) is 0 Å². The largest absolute Gasteiger partial charge is 0.378 e. The molecule has 1 saturated heterocycles. The first-order valence-electron chi connectivity index (χ1n) is 7.69. The fourth-order valence-electron chi connectivity index (χ4n) is 2.66. The van der Waals surface area contributed by atoms with Crippen molar-refractivity contribution >= 4 is 11.6 Å². The highest BCUT2D eigenvalue weighted by Crippen LogP contribution is 2.19. The lowest BCUT2D eigenvalue weighted by atomic mass is 10.1. The van der Waals surface area contributed by atoms with E-state index in [-0.39, 0.29) is 12.0 Å². The summed E-state index contributed by atoms with van der Waals surface area (Å²) in [5.41, 5.74) is 1.87. The number of benzene rings is 1. The van der Waals surface area contributed by atoms with E-state index in [4.69, 9.17) is 4.74 Å². The van der Waals surface area contributed by atoms with Crippen LogP contribution in [0.3, 0.4) is 0 Å². The van der Waals surface area contributed by atoms with E-state index in [0.717, 1.165) is 37.2 Å². The van der Waals surface area contributed by atoms with Gasteiger partial charge >= 0.3 is 0 Å². The van der Waals surface area contributed by atoms with Gasteiger partial charge in [-0.15, -0.1) is 0 Å². The van der Waals surface area contributed by atoms with Gasteiger partial charge in [0.2, 0.25) is 0 Å². The summed E-state index contributed by atoms with van der Waals surface area (Å²) < 4.78 is 5.82. The summed E-state index contributed by atoms with van der Waals surface area (Å²) in [4.78, 5) is 16.4. The number of amides is 1. The van der Waals surface area contributed by atoms with Gasteiger partial charge in [-0.1, -0.05) is 0 Å². The molecule has 4 nitrogen and oxygen atoms in total. The fourth-order valence-corrected chi connectivity index (χ4v) is 2.66. The Morgan fingerprint density at radius 1 is 1.19 bits per heavy atom. The van der Waals surface area contributed by atoms with E-state index in [0.29, 0.717) is 6.10 Å². The van der Waals surface area contributed by atoms with Crippen molar-refractivity contribution in [3.05, 3.63) is 29.8 Å². The predicted octanol–water partition coefficient (Wildman–Crippen LogP) is 2.78. The van der Waals surface area contributed by atoms with E-state index in [2.05, 4.69) is 13.8 Å². The number of hydrogen-bond donors (Lipinski definition) is 0. The number of nitrogens with zero attached hydrogens (tertiary/aromatic N) is 2. The van der Waals surface area contributed by atoms with Crippen LogP contribution in [0.5, 0.6) is 0 Å². The normalized spacial score (nSPS) is 16.3. The standard InChI is InChI=1S/C17H26N2O2/c1-13(2)21-16-9-11-19(12-10-16)17(20)14-5-7-15(8-6-14)18(3)4/h5-8,13,16H,9-12H2,1-4H3. The van der Waals surface area contributed by atoms with Crippen LogP contribution in [0.1, 0.15) is 37.0 Å². The van der Waals surface area contributed by atoms with E-state index in [9.17, 15) is 4.79 Å². The molecule has 0 atom stereocenters. The molecule has 0 bridgehead atoms. The first kappa shape index (κ1) is 15.8. The van der Waals surface area contributed by atoms with Gasteiger partial charge in [0.05, 0.1) is 12.2 Å². The molecule has 2 rings (SSSR count). The van der Waals surface area contributed by atoms with E-state index in [1.54, 1.807) is 0 Å². The second kappa shape index (κ2) is 6.94. The molecule has 21 heavy (non-hydrogen) atoms. The van der Waals surface area contributed by atoms with Crippen LogP contribution in [0, 0.1) is 0 Å². The molecule has 1 aromatic carbocycles. The van der Waals surface area contributed by atoms with Gasteiger partial charge in [0.15, 0.2) is 0 Å². The Labute approximate surface area is 127 Å². The van der Waals surface area contributed by atoms with E-state index < -0.39 is 0 Å². The van der Waals surface area contributed by atoms with Crippen molar-refractivity contribution in [3.63, 3.8) is 0 Å². The van der Waals surface area contributed by atoms with Crippen LogP contribution in [-0.4, -0.2) is 50.2 Å². The quantitative estimate of drug-likeness (QED) is 0.855. The Kier molecular flexibility index (Phi) is 5.23. The molecule has 116 valence electrons. The zero-order valence-electron chi connectivity index (χ0n) is 13.5. The molecule has 0 aliphatic carbocycles. The number of carbonyl (C=O) groups excluding carboxylic acids is 1. The molecule has 4 heteroatoms. The van der Waals surface area contributed by atoms with Crippen LogP contribution in [0.2, 0.25) is 0 Å². The number of anilines is 1. The Morgan fingerprint density at radius 2 is 1.76 bits per heavy atom. The van der Waals surface area contributed by atoms with E-state index in [1.165, 1.54) is 0 Å². The number of likely N-dealkylation sites (tertiary alicyclic amines) is 1. The van der Waals surface area contributed by atoms with Crippen molar-refractivity contribution in [3.8, 4) is 0 Å². The molecule has 1 amide bonds. The minimum absolute atomic E-state index is 0.128. The van der Waals surface area contributed by atoms with Crippen LogP contribution in [0.25, 0.3) is 0 Å². The first-order chi connectivity index (χ1) is 9.97. The lowest BCUT2D eigenvalue weighted by molar-refractivity contribution is -0.0236. The predicted molar refractivity (Wildman–Crippen MR) is 85.9 cm³/mol. The average Bonchev–Trinajstić information content (AvgIpc) is 2.47. The molecule has 0 saturated carbocycles.